The van der Waals surface area contributed by atoms with Crippen molar-refractivity contribution in [1.29, 1.82) is 0 Å². The van der Waals surface area contributed by atoms with E-state index in [0.717, 1.165) is 48.5 Å². The minimum absolute atomic E-state index is 0.0215. The number of amides is 1. The predicted octanol–water partition coefficient (Wildman–Crippen LogP) is 3.75. The molecule has 2 aromatic rings. The topological polar surface area (TPSA) is 54.5 Å². The van der Waals surface area contributed by atoms with Gasteiger partial charge in [-0.2, -0.15) is 0 Å². The Balaban J connectivity index is 1.41. The summed E-state index contributed by atoms with van der Waals surface area (Å²) in [5.74, 6) is 0.661. The van der Waals surface area contributed by atoms with Crippen LogP contribution in [0, 0.1) is 0 Å². The maximum atomic E-state index is 12.1. The largest absolute Gasteiger partial charge is 0.379 e. The third-order valence-electron chi connectivity index (χ3n) is 3.71. The first kappa shape index (κ1) is 18.7. The van der Waals surface area contributed by atoms with E-state index in [1.807, 2.05) is 29.6 Å². The molecule has 3 rings (SSSR count). The lowest BCUT2D eigenvalue weighted by molar-refractivity contribution is -0.115. The van der Waals surface area contributed by atoms with Crippen LogP contribution in [0.15, 0.2) is 34.5 Å². The summed E-state index contributed by atoms with van der Waals surface area (Å²) in [4.78, 5) is 19.9. The molecule has 0 spiro atoms. The van der Waals surface area contributed by atoms with Crippen molar-refractivity contribution in [2.75, 3.05) is 37.4 Å². The highest BCUT2D eigenvalue weighted by atomic mass is 35.5. The van der Waals surface area contributed by atoms with Crippen LogP contribution in [0.4, 0.5) is 5.13 Å². The summed E-state index contributed by atoms with van der Waals surface area (Å²) in [7, 11) is 0. The number of ether oxygens (including phenoxy) is 1. The number of thiazole rings is 1. The van der Waals surface area contributed by atoms with Gasteiger partial charge in [0.05, 0.1) is 23.9 Å². The molecule has 1 aromatic carbocycles. The van der Waals surface area contributed by atoms with Crippen LogP contribution in [-0.2, 0) is 16.1 Å². The molecule has 0 unspecified atom stereocenters. The van der Waals surface area contributed by atoms with E-state index in [4.69, 9.17) is 16.3 Å². The van der Waals surface area contributed by atoms with Crippen molar-refractivity contribution in [2.45, 2.75) is 17.9 Å². The normalized spacial score (nSPS) is 15.2. The van der Waals surface area contributed by atoms with Crippen molar-refractivity contribution in [2.24, 2.45) is 0 Å². The van der Waals surface area contributed by atoms with Gasteiger partial charge in [-0.15, -0.1) is 23.1 Å². The molecule has 2 heterocycles. The van der Waals surface area contributed by atoms with E-state index < -0.39 is 0 Å². The van der Waals surface area contributed by atoms with Crippen molar-refractivity contribution >= 4 is 45.7 Å². The molecule has 1 aromatic heterocycles. The second-order valence-corrected chi connectivity index (χ2v) is 8.01. The van der Waals surface area contributed by atoms with Crippen LogP contribution in [0.1, 0.15) is 12.1 Å². The van der Waals surface area contributed by atoms with Gasteiger partial charge in [0.15, 0.2) is 5.13 Å². The monoisotopic (exact) mass is 397 g/mol. The number of carbonyl (C=O) groups excluding carboxylic acids is 1. The Hall–Kier alpha value is -1.12. The second kappa shape index (κ2) is 9.54. The number of morpholine rings is 1. The first-order valence-corrected chi connectivity index (χ1v) is 10.4. The summed E-state index contributed by atoms with van der Waals surface area (Å²) in [6.45, 7) is 4.21. The highest BCUT2D eigenvalue weighted by Crippen LogP contribution is 2.27. The number of nitrogens with zero attached hydrogens (tertiary/aromatic N) is 2. The van der Waals surface area contributed by atoms with Crippen molar-refractivity contribution in [1.82, 2.24) is 9.88 Å². The highest BCUT2D eigenvalue weighted by Gasteiger charge is 2.13. The Morgan fingerprint density at radius 3 is 2.96 bits per heavy atom. The average Bonchev–Trinajstić information content (AvgIpc) is 3.04. The molecule has 1 saturated heterocycles. The molecule has 0 aliphatic carbocycles. The fourth-order valence-electron chi connectivity index (χ4n) is 2.42. The SMILES string of the molecule is O=C(CCSc1ccccc1Cl)Nc1nc(CN2CCOCC2)cs1. The quantitative estimate of drug-likeness (QED) is 0.721. The van der Waals surface area contributed by atoms with E-state index >= 15 is 0 Å². The molecule has 1 aliphatic heterocycles. The molecule has 8 heteroatoms. The summed E-state index contributed by atoms with van der Waals surface area (Å²) in [6, 6.07) is 7.66. The summed E-state index contributed by atoms with van der Waals surface area (Å²) < 4.78 is 5.35. The summed E-state index contributed by atoms with van der Waals surface area (Å²) in [6.07, 6.45) is 0.425. The number of anilines is 1. The molecule has 5 nitrogen and oxygen atoms in total. The fourth-order valence-corrected chi connectivity index (χ4v) is 4.33. The second-order valence-electron chi connectivity index (χ2n) is 5.61. The van der Waals surface area contributed by atoms with E-state index in [2.05, 4.69) is 15.2 Å². The summed E-state index contributed by atoms with van der Waals surface area (Å²) in [5, 5.41) is 6.27. The van der Waals surface area contributed by atoms with Crippen LogP contribution in [0.3, 0.4) is 0 Å². The van der Waals surface area contributed by atoms with Gasteiger partial charge in [-0.1, -0.05) is 23.7 Å². The van der Waals surface area contributed by atoms with Crippen molar-refractivity contribution in [3.8, 4) is 0 Å². The molecule has 1 N–H and O–H groups in total. The van der Waals surface area contributed by atoms with Crippen molar-refractivity contribution in [3.63, 3.8) is 0 Å². The summed E-state index contributed by atoms with van der Waals surface area (Å²) in [5.41, 5.74) is 0.993. The maximum Gasteiger partial charge on any atom is 0.226 e. The molecule has 0 atom stereocenters. The van der Waals surface area contributed by atoms with Gasteiger partial charge < -0.3 is 10.1 Å². The first-order valence-electron chi connectivity index (χ1n) is 8.12. The molecular weight excluding hydrogens is 378 g/mol. The molecule has 0 radical (unpaired) electrons. The van der Waals surface area contributed by atoms with Crippen molar-refractivity contribution < 1.29 is 9.53 Å². The van der Waals surface area contributed by atoms with Crippen LogP contribution in [-0.4, -0.2) is 47.8 Å². The average molecular weight is 398 g/mol. The van der Waals surface area contributed by atoms with Gasteiger partial charge in [0.1, 0.15) is 0 Å². The number of hydrogen-bond donors (Lipinski definition) is 1. The van der Waals surface area contributed by atoms with Crippen LogP contribution < -0.4 is 5.32 Å². The zero-order chi connectivity index (χ0) is 17.5. The predicted molar refractivity (Wildman–Crippen MR) is 104 cm³/mol. The van der Waals surface area contributed by atoms with E-state index in [1.165, 1.54) is 11.3 Å². The molecule has 1 aliphatic rings. The molecule has 1 amide bonds. The Morgan fingerprint density at radius 2 is 2.16 bits per heavy atom. The molecule has 134 valence electrons. The minimum atomic E-state index is -0.0215. The maximum absolute atomic E-state index is 12.1. The van der Waals surface area contributed by atoms with Crippen LogP contribution in [0.5, 0.6) is 0 Å². The van der Waals surface area contributed by atoms with E-state index in [-0.39, 0.29) is 5.91 Å². The van der Waals surface area contributed by atoms with Gasteiger partial charge in [-0.25, -0.2) is 4.98 Å². The zero-order valence-corrected chi connectivity index (χ0v) is 16.1. The van der Waals surface area contributed by atoms with E-state index in [0.29, 0.717) is 17.3 Å². The van der Waals surface area contributed by atoms with Crippen LogP contribution in [0.2, 0.25) is 5.02 Å². The molecule has 1 fully saturated rings. The number of halogens is 1. The number of aromatic nitrogens is 1. The van der Waals surface area contributed by atoms with Gasteiger partial charge in [0.2, 0.25) is 5.91 Å². The number of rotatable bonds is 7. The number of thioether (sulfide) groups is 1. The third kappa shape index (κ3) is 5.97. The van der Waals surface area contributed by atoms with Gasteiger partial charge >= 0.3 is 0 Å². The Kier molecular flexibility index (Phi) is 7.12. The molecule has 0 saturated carbocycles. The highest BCUT2D eigenvalue weighted by molar-refractivity contribution is 7.99. The molecule has 0 bridgehead atoms. The lowest BCUT2D eigenvalue weighted by Gasteiger charge is -2.25. The van der Waals surface area contributed by atoms with Gasteiger partial charge in [-0.3, -0.25) is 9.69 Å². The Labute approximate surface area is 160 Å². The molecular formula is C17H20ClN3O2S2. The summed E-state index contributed by atoms with van der Waals surface area (Å²) >= 11 is 9.17. The lowest BCUT2D eigenvalue weighted by Crippen LogP contribution is -2.35. The first-order chi connectivity index (χ1) is 12.2. The zero-order valence-electron chi connectivity index (χ0n) is 13.7. The van der Waals surface area contributed by atoms with E-state index in [9.17, 15) is 4.79 Å². The molecule has 25 heavy (non-hydrogen) atoms. The number of carbonyl (C=O) groups is 1. The number of nitrogens with one attached hydrogen (secondary N) is 1. The standard InChI is InChI=1S/C17H20ClN3O2S2/c18-14-3-1-2-4-15(14)24-10-5-16(22)20-17-19-13(12-25-17)11-21-6-8-23-9-7-21/h1-4,12H,5-11H2,(H,19,20,22). The van der Waals surface area contributed by atoms with Crippen LogP contribution >= 0.6 is 34.7 Å². The van der Waals surface area contributed by atoms with Crippen molar-refractivity contribution in [3.05, 3.63) is 40.4 Å². The van der Waals surface area contributed by atoms with E-state index in [1.54, 1.807) is 11.8 Å². The van der Waals surface area contributed by atoms with Gasteiger partial charge in [0.25, 0.3) is 0 Å². The number of hydrogen-bond acceptors (Lipinski definition) is 6. The minimum Gasteiger partial charge on any atom is -0.379 e. The Morgan fingerprint density at radius 1 is 1.36 bits per heavy atom. The lowest BCUT2D eigenvalue weighted by atomic mass is 10.4. The van der Waals surface area contributed by atoms with Gasteiger partial charge in [0, 0.05) is 42.1 Å². The third-order valence-corrected chi connectivity index (χ3v) is 6.03. The fraction of sp³-hybridized carbons (Fsp3) is 0.412. The number of benzene rings is 1. The van der Waals surface area contributed by atoms with Gasteiger partial charge in [-0.05, 0) is 12.1 Å². The smallest absolute Gasteiger partial charge is 0.226 e. The van der Waals surface area contributed by atoms with Crippen LogP contribution in [0.25, 0.3) is 0 Å². The Bertz CT molecular complexity index is 705.